The molecule has 1 aliphatic heterocycles. The SMILES string of the molecule is COc1ccc(S(=O)(=O)CCC(=O)NCCc2nn(C)c3c2COCC3)cc1. The average Bonchev–Trinajstić information content (AvgIpc) is 3.03. The van der Waals surface area contributed by atoms with Gasteiger partial charge in [0.1, 0.15) is 5.75 Å². The predicted octanol–water partition coefficient (Wildman–Crippen LogP) is 1.02. The molecule has 0 aliphatic carbocycles. The molecule has 0 fully saturated rings. The second-order valence-corrected chi connectivity index (χ2v) is 8.75. The van der Waals surface area contributed by atoms with Gasteiger partial charge in [0.2, 0.25) is 5.91 Å². The van der Waals surface area contributed by atoms with Gasteiger partial charge in [-0.15, -0.1) is 0 Å². The number of hydrogen-bond donors (Lipinski definition) is 1. The van der Waals surface area contributed by atoms with Crippen LogP contribution in [0.4, 0.5) is 0 Å². The van der Waals surface area contributed by atoms with E-state index in [2.05, 4.69) is 10.4 Å². The summed E-state index contributed by atoms with van der Waals surface area (Å²) < 4.78 is 37.1. The number of ether oxygens (including phenoxy) is 2. The molecule has 8 nitrogen and oxygen atoms in total. The molecule has 2 heterocycles. The van der Waals surface area contributed by atoms with Gasteiger partial charge >= 0.3 is 0 Å². The van der Waals surface area contributed by atoms with Crippen molar-refractivity contribution in [2.75, 3.05) is 26.0 Å². The van der Waals surface area contributed by atoms with E-state index < -0.39 is 9.84 Å². The van der Waals surface area contributed by atoms with Crippen LogP contribution in [0.2, 0.25) is 0 Å². The van der Waals surface area contributed by atoms with E-state index in [1.807, 2.05) is 11.7 Å². The molecule has 1 N–H and O–H groups in total. The Balaban J connectivity index is 1.48. The number of rotatable bonds is 8. The number of nitrogens with one attached hydrogen (secondary N) is 1. The normalized spacial score (nSPS) is 13.8. The van der Waals surface area contributed by atoms with Crippen LogP contribution < -0.4 is 10.1 Å². The minimum atomic E-state index is -3.51. The summed E-state index contributed by atoms with van der Waals surface area (Å²) in [6.07, 6.45) is 1.34. The van der Waals surface area contributed by atoms with Gasteiger partial charge in [0, 0.05) is 44.1 Å². The van der Waals surface area contributed by atoms with Crippen LogP contribution in [0.25, 0.3) is 0 Å². The Morgan fingerprint density at radius 3 is 2.79 bits per heavy atom. The highest BCUT2D eigenvalue weighted by atomic mass is 32.2. The number of hydrogen-bond acceptors (Lipinski definition) is 6. The van der Waals surface area contributed by atoms with E-state index in [1.54, 1.807) is 12.1 Å². The van der Waals surface area contributed by atoms with Crippen molar-refractivity contribution in [2.24, 2.45) is 7.05 Å². The van der Waals surface area contributed by atoms with E-state index >= 15 is 0 Å². The van der Waals surface area contributed by atoms with Gasteiger partial charge in [-0.3, -0.25) is 9.48 Å². The molecule has 1 amide bonds. The van der Waals surface area contributed by atoms with Gasteiger partial charge in [-0.1, -0.05) is 0 Å². The van der Waals surface area contributed by atoms with Crippen LogP contribution in [0.15, 0.2) is 29.2 Å². The monoisotopic (exact) mass is 407 g/mol. The Kier molecular flexibility index (Phi) is 6.35. The first-order valence-corrected chi connectivity index (χ1v) is 10.8. The van der Waals surface area contributed by atoms with Crippen LogP contribution in [0.3, 0.4) is 0 Å². The minimum Gasteiger partial charge on any atom is -0.497 e. The molecule has 0 bridgehead atoms. The summed E-state index contributed by atoms with van der Waals surface area (Å²) in [5.74, 6) is 0.0507. The molecular weight excluding hydrogens is 382 g/mol. The zero-order valence-electron chi connectivity index (χ0n) is 16.1. The first kappa shape index (κ1) is 20.3. The van der Waals surface area contributed by atoms with Gasteiger partial charge in [0.05, 0.1) is 36.7 Å². The molecule has 152 valence electrons. The maximum atomic E-state index is 12.3. The summed E-state index contributed by atoms with van der Waals surface area (Å²) in [5.41, 5.74) is 3.20. The zero-order valence-corrected chi connectivity index (χ0v) is 16.9. The quantitative estimate of drug-likeness (QED) is 0.702. The van der Waals surface area contributed by atoms with Crippen molar-refractivity contribution in [3.63, 3.8) is 0 Å². The average molecular weight is 407 g/mol. The lowest BCUT2D eigenvalue weighted by molar-refractivity contribution is -0.120. The highest BCUT2D eigenvalue weighted by Crippen LogP contribution is 2.20. The van der Waals surface area contributed by atoms with Gasteiger partial charge in [0.25, 0.3) is 0 Å². The van der Waals surface area contributed by atoms with Crippen LogP contribution in [-0.4, -0.2) is 50.1 Å². The molecule has 0 unspecified atom stereocenters. The van der Waals surface area contributed by atoms with Crippen LogP contribution in [0.1, 0.15) is 23.4 Å². The Bertz CT molecular complexity index is 935. The largest absolute Gasteiger partial charge is 0.497 e. The topological polar surface area (TPSA) is 99.5 Å². The molecule has 0 radical (unpaired) electrons. The smallest absolute Gasteiger partial charge is 0.221 e. The molecule has 28 heavy (non-hydrogen) atoms. The maximum absolute atomic E-state index is 12.3. The summed E-state index contributed by atoms with van der Waals surface area (Å²) >= 11 is 0. The van der Waals surface area contributed by atoms with Crippen LogP contribution >= 0.6 is 0 Å². The third-order valence-electron chi connectivity index (χ3n) is 4.79. The molecule has 1 aliphatic rings. The lowest BCUT2D eigenvalue weighted by Gasteiger charge is -2.13. The highest BCUT2D eigenvalue weighted by molar-refractivity contribution is 7.91. The molecule has 3 rings (SSSR count). The fraction of sp³-hybridized carbons (Fsp3) is 0.474. The molecule has 9 heteroatoms. The fourth-order valence-corrected chi connectivity index (χ4v) is 4.46. The van der Waals surface area contributed by atoms with Crippen LogP contribution in [-0.2, 0) is 45.9 Å². The Labute approximate surface area is 164 Å². The van der Waals surface area contributed by atoms with E-state index in [1.165, 1.54) is 24.9 Å². The number of methoxy groups -OCH3 is 1. The number of fused-ring (bicyclic) bond motifs is 1. The van der Waals surface area contributed by atoms with E-state index in [9.17, 15) is 13.2 Å². The number of carbonyl (C=O) groups excluding carboxylic acids is 1. The molecule has 0 saturated carbocycles. The standard InChI is InChI=1S/C19H25N3O5S/c1-22-18-8-11-27-13-16(18)17(21-22)7-10-20-19(23)9-12-28(24,25)15-5-3-14(26-2)4-6-15/h3-6H,7-13H2,1-2H3,(H,20,23). The third kappa shape index (κ3) is 4.71. The third-order valence-corrected chi connectivity index (χ3v) is 6.52. The molecule has 0 saturated heterocycles. The van der Waals surface area contributed by atoms with Crippen LogP contribution in [0.5, 0.6) is 5.75 Å². The minimum absolute atomic E-state index is 0.0855. The van der Waals surface area contributed by atoms with E-state index in [0.717, 1.165) is 17.7 Å². The number of aromatic nitrogens is 2. The number of amides is 1. The van der Waals surface area contributed by atoms with Crippen molar-refractivity contribution in [3.05, 3.63) is 41.2 Å². The van der Waals surface area contributed by atoms with Crippen molar-refractivity contribution in [1.29, 1.82) is 0 Å². The molecule has 1 aromatic heterocycles. The maximum Gasteiger partial charge on any atom is 0.221 e. The second-order valence-electron chi connectivity index (χ2n) is 6.64. The number of benzene rings is 1. The second kappa shape index (κ2) is 8.74. The summed E-state index contributed by atoms with van der Waals surface area (Å²) in [4.78, 5) is 12.2. The van der Waals surface area contributed by atoms with E-state index in [-0.39, 0.29) is 23.0 Å². The van der Waals surface area contributed by atoms with Crippen molar-refractivity contribution in [1.82, 2.24) is 15.1 Å². The molecule has 2 aromatic rings. The van der Waals surface area contributed by atoms with Gasteiger partial charge in [-0.2, -0.15) is 5.10 Å². The summed E-state index contributed by atoms with van der Waals surface area (Å²) in [6, 6.07) is 6.14. The highest BCUT2D eigenvalue weighted by Gasteiger charge is 2.20. The van der Waals surface area contributed by atoms with E-state index in [4.69, 9.17) is 9.47 Å². The molecular formula is C19H25N3O5S. The molecule has 1 aromatic carbocycles. The zero-order chi connectivity index (χ0) is 20.1. The Hall–Kier alpha value is -2.39. The van der Waals surface area contributed by atoms with Gasteiger partial charge in [-0.25, -0.2) is 8.42 Å². The lowest BCUT2D eigenvalue weighted by Crippen LogP contribution is -2.28. The summed E-state index contributed by atoms with van der Waals surface area (Å²) in [5, 5.41) is 7.28. The van der Waals surface area contributed by atoms with Gasteiger partial charge in [-0.05, 0) is 24.3 Å². The first-order chi connectivity index (χ1) is 13.4. The van der Waals surface area contributed by atoms with Gasteiger partial charge in [0.15, 0.2) is 9.84 Å². The number of nitrogens with zero attached hydrogens (tertiary/aromatic N) is 2. The summed E-state index contributed by atoms with van der Waals surface area (Å²) in [6.45, 7) is 1.66. The number of aryl methyl sites for hydroxylation is 1. The summed E-state index contributed by atoms with van der Waals surface area (Å²) in [7, 11) is -0.0864. The van der Waals surface area contributed by atoms with Crippen molar-refractivity contribution in [2.45, 2.75) is 30.8 Å². The fourth-order valence-electron chi connectivity index (χ4n) is 3.22. The van der Waals surface area contributed by atoms with Crippen molar-refractivity contribution in [3.8, 4) is 5.75 Å². The Morgan fingerprint density at radius 2 is 2.07 bits per heavy atom. The lowest BCUT2D eigenvalue weighted by atomic mass is 10.1. The first-order valence-electron chi connectivity index (χ1n) is 9.15. The van der Waals surface area contributed by atoms with Crippen LogP contribution in [0, 0.1) is 0 Å². The Morgan fingerprint density at radius 1 is 1.32 bits per heavy atom. The van der Waals surface area contributed by atoms with Crippen molar-refractivity contribution >= 4 is 15.7 Å². The number of sulfone groups is 1. The predicted molar refractivity (Wildman–Crippen MR) is 103 cm³/mol. The molecule has 0 spiro atoms. The molecule has 0 atom stereocenters. The van der Waals surface area contributed by atoms with Gasteiger partial charge < -0.3 is 14.8 Å². The van der Waals surface area contributed by atoms with E-state index in [0.29, 0.717) is 31.9 Å². The van der Waals surface area contributed by atoms with Crippen molar-refractivity contribution < 1.29 is 22.7 Å². The number of carbonyl (C=O) groups is 1.